The largest absolute Gasteiger partial charge is 0.454 e. The lowest BCUT2D eigenvalue weighted by molar-refractivity contribution is -0.130. The topological polar surface area (TPSA) is 73.6 Å². The summed E-state index contributed by atoms with van der Waals surface area (Å²) in [6.07, 6.45) is 3.95. The summed E-state index contributed by atoms with van der Waals surface area (Å²) < 4.78 is 10.8. The summed E-state index contributed by atoms with van der Waals surface area (Å²) in [4.78, 5) is 12.4. The van der Waals surface area contributed by atoms with Crippen LogP contribution in [0, 0.1) is 5.41 Å². The number of nitrogens with two attached hydrogens (primary N) is 1. The van der Waals surface area contributed by atoms with Crippen molar-refractivity contribution in [1.29, 1.82) is 0 Å². The van der Waals surface area contributed by atoms with E-state index >= 15 is 0 Å². The van der Waals surface area contributed by atoms with Crippen LogP contribution in [0.25, 0.3) is 0 Å². The predicted molar refractivity (Wildman–Crippen MR) is 74.4 cm³/mol. The van der Waals surface area contributed by atoms with Crippen LogP contribution in [0.1, 0.15) is 31.2 Å². The average molecular weight is 276 g/mol. The number of amides is 1. The number of rotatable bonds is 4. The number of para-hydroxylation sites is 1. The number of hydrogen-bond donors (Lipinski definition) is 2. The van der Waals surface area contributed by atoms with Crippen molar-refractivity contribution in [3.8, 4) is 11.5 Å². The quantitative estimate of drug-likeness (QED) is 0.875. The number of carbonyl (C=O) groups is 1. The third-order valence-electron chi connectivity index (χ3n) is 4.35. The average Bonchev–Trinajstić information content (AvgIpc) is 3.13. The number of benzene rings is 1. The van der Waals surface area contributed by atoms with Crippen LogP contribution in [-0.2, 0) is 11.3 Å². The number of fused-ring (bicyclic) bond motifs is 1. The summed E-state index contributed by atoms with van der Waals surface area (Å²) in [7, 11) is 0. The molecule has 1 heterocycles. The van der Waals surface area contributed by atoms with Crippen molar-refractivity contribution >= 4 is 5.91 Å². The number of carbonyl (C=O) groups excluding carboxylic acids is 1. The number of hydrogen-bond acceptors (Lipinski definition) is 4. The Balaban J connectivity index is 1.68. The maximum absolute atomic E-state index is 12.4. The van der Waals surface area contributed by atoms with E-state index in [0.717, 1.165) is 42.7 Å². The molecule has 0 unspecified atom stereocenters. The summed E-state index contributed by atoms with van der Waals surface area (Å²) >= 11 is 0. The molecule has 1 amide bonds. The molecule has 20 heavy (non-hydrogen) atoms. The minimum Gasteiger partial charge on any atom is -0.454 e. The first-order chi connectivity index (χ1) is 9.75. The molecule has 1 aliphatic carbocycles. The minimum atomic E-state index is -0.366. The van der Waals surface area contributed by atoms with Crippen LogP contribution in [0.3, 0.4) is 0 Å². The molecular formula is C15H20N2O3. The van der Waals surface area contributed by atoms with Gasteiger partial charge in [-0.2, -0.15) is 0 Å². The molecule has 0 saturated heterocycles. The molecule has 108 valence electrons. The molecule has 1 aromatic rings. The maximum atomic E-state index is 12.4. The second kappa shape index (κ2) is 5.32. The number of nitrogens with one attached hydrogen (secondary N) is 1. The Kier molecular flexibility index (Phi) is 3.53. The molecule has 5 nitrogen and oxygen atoms in total. The predicted octanol–water partition coefficient (Wildman–Crippen LogP) is 1.55. The first-order valence-electron chi connectivity index (χ1n) is 7.11. The fourth-order valence-corrected chi connectivity index (χ4v) is 3.07. The zero-order chi connectivity index (χ0) is 14.0. The molecule has 3 N–H and O–H groups in total. The Bertz CT molecular complexity index is 510. The fraction of sp³-hybridized carbons (Fsp3) is 0.533. The van der Waals surface area contributed by atoms with Gasteiger partial charge in [-0.15, -0.1) is 0 Å². The minimum absolute atomic E-state index is 0.0639. The second-order valence-electron chi connectivity index (χ2n) is 5.53. The molecule has 0 radical (unpaired) electrons. The monoisotopic (exact) mass is 276 g/mol. The van der Waals surface area contributed by atoms with Gasteiger partial charge in [0.05, 0.1) is 5.41 Å². The first-order valence-corrected chi connectivity index (χ1v) is 7.11. The van der Waals surface area contributed by atoms with Gasteiger partial charge in [0, 0.05) is 18.7 Å². The van der Waals surface area contributed by atoms with Crippen LogP contribution >= 0.6 is 0 Å². The van der Waals surface area contributed by atoms with E-state index in [2.05, 4.69) is 5.32 Å². The lowest BCUT2D eigenvalue weighted by atomic mass is 9.85. The molecular weight excluding hydrogens is 256 g/mol. The van der Waals surface area contributed by atoms with Crippen LogP contribution in [0.2, 0.25) is 0 Å². The van der Waals surface area contributed by atoms with Gasteiger partial charge in [-0.3, -0.25) is 4.79 Å². The highest BCUT2D eigenvalue weighted by atomic mass is 16.7. The van der Waals surface area contributed by atoms with Crippen molar-refractivity contribution in [2.24, 2.45) is 11.1 Å². The summed E-state index contributed by atoms with van der Waals surface area (Å²) in [6, 6.07) is 5.72. The molecule has 0 bridgehead atoms. The van der Waals surface area contributed by atoms with Crippen LogP contribution in [0.15, 0.2) is 18.2 Å². The highest BCUT2D eigenvalue weighted by Crippen LogP contribution is 2.38. The Hall–Kier alpha value is -1.75. The standard InChI is InChI=1S/C15H20N2O3/c16-9-15(6-1-2-7-15)14(18)17-8-11-4-3-5-12-13(11)20-10-19-12/h3-5H,1-2,6-10,16H2,(H,17,18). The van der Waals surface area contributed by atoms with Gasteiger partial charge in [-0.25, -0.2) is 0 Å². The van der Waals surface area contributed by atoms with Gasteiger partial charge in [-0.1, -0.05) is 25.0 Å². The molecule has 5 heteroatoms. The Morgan fingerprint density at radius 1 is 1.30 bits per heavy atom. The molecule has 0 aromatic heterocycles. The maximum Gasteiger partial charge on any atom is 0.231 e. The van der Waals surface area contributed by atoms with E-state index in [9.17, 15) is 4.79 Å². The van der Waals surface area contributed by atoms with E-state index in [4.69, 9.17) is 15.2 Å². The third kappa shape index (κ3) is 2.22. The van der Waals surface area contributed by atoms with Crippen molar-refractivity contribution in [1.82, 2.24) is 5.32 Å². The smallest absolute Gasteiger partial charge is 0.231 e. The van der Waals surface area contributed by atoms with Crippen molar-refractivity contribution in [2.45, 2.75) is 32.2 Å². The van der Waals surface area contributed by atoms with E-state index in [1.165, 1.54) is 0 Å². The van der Waals surface area contributed by atoms with Gasteiger partial charge < -0.3 is 20.5 Å². The summed E-state index contributed by atoms with van der Waals surface area (Å²) in [5.41, 5.74) is 6.40. The Morgan fingerprint density at radius 3 is 2.85 bits per heavy atom. The molecule has 0 atom stereocenters. The third-order valence-corrected chi connectivity index (χ3v) is 4.35. The highest BCUT2D eigenvalue weighted by molar-refractivity contribution is 5.83. The van der Waals surface area contributed by atoms with Gasteiger partial charge in [0.1, 0.15) is 0 Å². The lowest BCUT2D eigenvalue weighted by Crippen LogP contribution is -2.43. The lowest BCUT2D eigenvalue weighted by Gasteiger charge is -2.25. The summed E-state index contributed by atoms with van der Waals surface area (Å²) in [5, 5.41) is 3.01. The zero-order valence-electron chi connectivity index (χ0n) is 11.5. The first kappa shape index (κ1) is 13.2. The van der Waals surface area contributed by atoms with Crippen molar-refractivity contribution in [3.63, 3.8) is 0 Å². The van der Waals surface area contributed by atoms with Crippen LogP contribution in [-0.4, -0.2) is 19.2 Å². The van der Waals surface area contributed by atoms with E-state index < -0.39 is 0 Å². The molecule has 1 fully saturated rings. The Morgan fingerprint density at radius 2 is 2.10 bits per heavy atom. The van der Waals surface area contributed by atoms with E-state index in [0.29, 0.717) is 13.1 Å². The van der Waals surface area contributed by atoms with Gasteiger partial charge >= 0.3 is 0 Å². The molecule has 3 rings (SSSR count). The second-order valence-corrected chi connectivity index (χ2v) is 5.53. The summed E-state index contributed by atoms with van der Waals surface area (Å²) in [6.45, 7) is 1.12. The van der Waals surface area contributed by atoms with Gasteiger partial charge in [0.2, 0.25) is 12.7 Å². The zero-order valence-corrected chi connectivity index (χ0v) is 11.5. The fourth-order valence-electron chi connectivity index (χ4n) is 3.07. The summed E-state index contributed by atoms with van der Waals surface area (Å²) in [5.74, 6) is 1.54. The van der Waals surface area contributed by atoms with Gasteiger partial charge in [-0.05, 0) is 18.9 Å². The molecule has 1 aromatic carbocycles. The SMILES string of the molecule is NCC1(C(=O)NCc2cccc3c2OCO3)CCCC1. The van der Waals surface area contributed by atoms with Gasteiger partial charge in [0.15, 0.2) is 11.5 Å². The van der Waals surface area contributed by atoms with Crippen LogP contribution < -0.4 is 20.5 Å². The van der Waals surface area contributed by atoms with Crippen molar-refractivity contribution in [3.05, 3.63) is 23.8 Å². The molecule has 0 spiro atoms. The normalized spacial score (nSPS) is 19.1. The van der Waals surface area contributed by atoms with E-state index in [1.807, 2.05) is 18.2 Å². The molecule has 1 aliphatic heterocycles. The molecule has 1 saturated carbocycles. The molecule has 2 aliphatic rings. The van der Waals surface area contributed by atoms with Crippen LogP contribution in [0.4, 0.5) is 0 Å². The highest BCUT2D eigenvalue weighted by Gasteiger charge is 2.39. The van der Waals surface area contributed by atoms with Crippen molar-refractivity contribution < 1.29 is 14.3 Å². The van der Waals surface area contributed by atoms with E-state index in [-0.39, 0.29) is 18.1 Å². The van der Waals surface area contributed by atoms with Crippen molar-refractivity contribution in [2.75, 3.05) is 13.3 Å². The Labute approximate surface area is 118 Å². The van der Waals surface area contributed by atoms with Crippen LogP contribution in [0.5, 0.6) is 11.5 Å². The van der Waals surface area contributed by atoms with Gasteiger partial charge in [0.25, 0.3) is 0 Å². The van der Waals surface area contributed by atoms with E-state index in [1.54, 1.807) is 0 Å². The number of ether oxygens (including phenoxy) is 2.